The summed E-state index contributed by atoms with van der Waals surface area (Å²) < 4.78 is 10.2. The lowest BCUT2D eigenvalue weighted by atomic mass is 10.1. The standard InChI is InChI=1S/C24H44O6.C2H4/c1-2-3-4-5-6-7-8-9-10-11-12-13-14-15-16-17-22(27)29-19-21(26)24-23(28)20(25)18-30-24;1-2/h9-10,20-21,23-26,28H,2-8,11-19H2,1H3;1-2H2/b10-9-;/t20-,21+,23+,24+;/m0./s1. The molecular weight excluding hydrogens is 408 g/mol. The number of rotatable bonds is 18. The number of hydrogen-bond donors (Lipinski definition) is 3. The smallest absolute Gasteiger partial charge is 0.305 e. The van der Waals surface area contributed by atoms with Gasteiger partial charge >= 0.3 is 5.97 Å². The van der Waals surface area contributed by atoms with Gasteiger partial charge in [0, 0.05) is 6.42 Å². The van der Waals surface area contributed by atoms with Gasteiger partial charge in [-0.15, -0.1) is 13.2 Å². The van der Waals surface area contributed by atoms with E-state index in [1.165, 1.54) is 57.8 Å². The minimum Gasteiger partial charge on any atom is -0.463 e. The molecule has 0 saturated carbocycles. The average Bonchev–Trinajstić information content (AvgIpc) is 3.14. The maximum absolute atomic E-state index is 11.7. The van der Waals surface area contributed by atoms with Crippen LogP contribution in [0.1, 0.15) is 96.8 Å². The Bertz CT molecular complexity index is 467. The molecule has 0 amide bonds. The number of carbonyl (C=O) groups is 1. The minimum absolute atomic E-state index is 0.0221. The zero-order chi connectivity index (χ0) is 24.0. The fourth-order valence-corrected chi connectivity index (χ4v) is 3.65. The van der Waals surface area contributed by atoms with Crippen molar-refractivity contribution in [3.8, 4) is 0 Å². The van der Waals surface area contributed by atoms with Crippen LogP contribution in [0.5, 0.6) is 0 Å². The summed E-state index contributed by atoms with van der Waals surface area (Å²) in [6.07, 6.45) is 16.5. The van der Waals surface area contributed by atoms with Gasteiger partial charge in [0.15, 0.2) is 0 Å². The Labute approximate surface area is 195 Å². The summed E-state index contributed by atoms with van der Waals surface area (Å²) in [5.74, 6) is -0.347. The van der Waals surface area contributed by atoms with Gasteiger partial charge in [0.05, 0.1) is 6.61 Å². The highest BCUT2D eigenvalue weighted by atomic mass is 16.6. The maximum Gasteiger partial charge on any atom is 0.305 e. The van der Waals surface area contributed by atoms with E-state index < -0.39 is 24.4 Å². The topological polar surface area (TPSA) is 96.2 Å². The molecule has 1 heterocycles. The van der Waals surface area contributed by atoms with E-state index in [-0.39, 0.29) is 19.2 Å². The van der Waals surface area contributed by atoms with Crippen LogP contribution in [0.25, 0.3) is 0 Å². The molecule has 0 aliphatic carbocycles. The third kappa shape index (κ3) is 15.6. The molecule has 6 heteroatoms. The molecule has 3 N–H and O–H groups in total. The van der Waals surface area contributed by atoms with Crippen LogP contribution in [0, 0.1) is 0 Å². The molecule has 1 rings (SSSR count). The molecule has 4 atom stereocenters. The molecule has 0 radical (unpaired) electrons. The van der Waals surface area contributed by atoms with Gasteiger partial charge in [-0.3, -0.25) is 4.79 Å². The monoisotopic (exact) mass is 456 g/mol. The summed E-state index contributed by atoms with van der Waals surface area (Å²) >= 11 is 0. The molecule has 0 aromatic heterocycles. The molecule has 32 heavy (non-hydrogen) atoms. The lowest BCUT2D eigenvalue weighted by molar-refractivity contribution is -0.151. The minimum atomic E-state index is -1.15. The third-order valence-electron chi connectivity index (χ3n) is 5.63. The zero-order valence-corrected chi connectivity index (χ0v) is 20.3. The van der Waals surface area contributed by atoms with Crippen molar-refractivity contribution in [2.24, 2.45) is 0 Å². The summed E-state index contributed by atoms with van der Waals surface area (Å²) in [5, 5.41) is 29.0. The first-order chi connectivity index (χ1) is 15.6. The van der Waals surface area contributed by atoms with Gasteiger partial charge in [0.1, 0.15) is 31.0 Å². The van der Waals surface area contributed by atoms with Crippen molar-refractivity contribution >= 4 is 5.97 Å². The van der Waals surface area contributed by atoms with Crippen molar-refractivity contribution in [1.82, 2.24) is 0 Å². The molecule has 188 valence electrons. The summed E-state index contributed by atoms with van der Waals surface area (Å²) in [4.78, 5) is 11.7. The van der Waals surface area contributed by atoms with E-state index in [2.05, 4.69) is 32.2 Å². The molecule has 1 aliphatic rings. The van der Waals surface area contributed by atoms with Gasteiger partial charge in [-0.25, -0.2) is 0 Å². The zero-order valence-electron chi connectivity index (χ0n) is 20.3. The quantitative estimate of drug-likeness (QED) is 0.155. The Kier molecular flexibility index (Phi) is 20.8. The first kappa shape index (κ1) is 30.8. The van der Waals surface area contributed by atoms with Gasteiger partial charge in [0.25, 0.3) is 0 Å². The van der Waals surface area contributed by atoms with E-state index in [9.17, 15) is 20.1 Å². The van der Waals surface area contributed by atoms with Crippen LogP contribution in [0.4, 0.5) is 0 Å². The largest absolute Gasteiger partial charge is 0.463 e. The second-order valence-electron chi connectivity index (χ2n) is 8.44. The third-order valence-corrected chi connectivity index (χ3v) is 5.63. The first-order valence-electron chi connectivity index (χ1n) is 12.5. The Balaban J connectivity index is 0.00000466. The van der Waals surface area contributed by atoms with Crippen LogP contribution < -0.4 is 0 Å². The van der Waals surface area contributed by atoms with E-state index in [0.717, 1.165) is 25.7 Å². The number of unbranched alkanes of at least 4 members (excludes halogenated alkanes) is 11. The Morgan fingerprint density at radius 1 is 0.969 bits per heavy atom. The van der Waals surface area contributed by atoms with Crippen LogP contribution in [0.2, 0.25) is 0 Å². The Morgan fingerprint density at radius 2 is 1.50 bits per heavy atom. The Hall–Kier alpha value is -1.21. The highest BCUT2D eigenvalue weighted by Gasteiger charge is 2.39. The fraction of sp³-hybridized carbons (Fsp3) is 0.808. The molecule has 6 nitrogen and oxygen atoms in total. The Morgan fingerprint density at radius 3 is 2.03 bits per heavy atom. The normalized spacial score (nSPS) is 21.3. The van der Waals surface area contributed by atoms with Crippen LogP contribution in [0.15, 0.2) is 25.3 Å². The van der Waals surface area contributed by atoms with E-state index >= 15 is 0 Å². The SMILES string of the molecule is C=C.CCCCCCCC/C=C\CCCCCCCC(=O)OC[C@@H](O)[C@H]1OC[C@H](O)[C@H]1O. The van der Waals surface area contributed by atoms with Gasteiger partial charge in [-0.05, 0) is 32.1 Å². The lowest BCUT2D eigenvalue weighted by Gasteiger charge is -2.20. The first-order valence-corrected chi connectivity index (χ1v) is 12.5. The molecule has 1 saturated heterocycles. The molecule has 1 fully saturated rings. The van der Waals surface area contributed by atoms with Crippen molar-refractivity contribution in [3.63, 3.8) is 0 Å². The molecule has 1 aliphatic heterocycles. The molecule has 0 aromatic carbocycles. The predicted molar refractivity (Wildman–Crippen MR) is 129 cm³/mol. The predicted octanol–water partition coefficient (Wildman–Crippen LogP) is 4.85. The highest BCUT2D eigenvalue weighted by molar-refractivity contribution is 5.69. The summed E-state index contributed by atoms with van der Waals surface area (Å²) in [6.45, 7) is 8.00. The van der Waals surface area contributed by atoms with Crippen LogP contribution in [-0.2, 0) is 14.3 Å². The van der Waals surface area contributed by atoms with Gasteiger partial charge in [-0.2, -0.15) is 0 Å². The number of carbonyl (C=O) groups excluding carboxylic acids is 1. The average molecular weight is 457 g/mol. The fourth-order valence-electron chi connectivity index (χ4n) is 3.65. The summed E-state index contributed by atoms with van der Waals surface area (Å²) in [6, 6.07) is 0. The highest BCUT2D eigenvalue weighted by Crippen LogP contribution is 2.18. The lowest BCUT2D eigenvalue weighted by Crippen LogP contribution is -2.41. The van der Waals surface area contributed by atoms with Crippen molar-refractivity contribution in [2.45, 2.75) is 121 Å². The van der Waals surface area contributed by atoms with Gasteiger partial charge in [-0.1, -0.05) is 70.4 Å². The molecular formula is C26H48O6. The molecule has 0 bridgehead atoms. The second-order valence-corrected chi connectivity index (χ2v) is 8.44. The second kappa shape index (κ2) is 21.6. The van der Waals surface area contributed by atoms with E-state index in [1.807, 2.05) is 0 Å². The summed E-state index contributed by atoms with van der Waals surface area (Å²) in [5.41, 5.74) is 0. The van der Waals surface area contributed by atoms with Gasteiger partial charge < -0.3 is 24.8 Å². The summed E-state index contributed by atoms with van der Waals surface area (Å²) in [7, 11) is 0. The van der Waals surface area contributed by atoms with Crippen molar-refractivity contribution in [1.29, 1.82) is 0 Å². The van der Waals surface area contributed by atoms with Crippen molar-refractivity contribution in [2.75, 3.05) is 13.2 Å². The maximum atomic E-state index is 11.7. The number of allylic oxidation sites excluding steroid dienone is 2. The number of aliphatic hydroxyl groups is 3. The number of aliphatic hydroxyl groups excluding tert-OH is 3. The van der Waals surface area contributed by atoms with E-state index in [4.69, 9.17) is 9.47 Å². The number of hydrogen-bond acceptors (Lipinski definition) is 6. The van der Waals surface area contributed by atoms with Crippen LogP contribution in [0.3, 0.4) is 0 Å². The van der Waals surface area contributed by atoms with Crippen LogP contribution in [-0.4, -0.2) is 58.9 Å². The van der Waals surface area contributed by atoms with Crippen molar-refractivity contribution in [3.05, 3.63) is 25.3 Å². The number of esters is 1. The molecule has 0 spiro atoms. The van der Waals surface area contributed by atoms with E-state index in [0.29, 0.717) is 6.42 Å². The van der Waals surface area contributed by atoms with E-state index in [1.54, 1.807) is 0 Å². The molecule has 0 aromatic rings. The molecule has 0 unspecified atom stereocenters. The van der Waals surface area contributed by atoms with Crippen LogP contribution >= 0.6 is 0 Å². The number of ether oxygens (including phenoxy) is 2. The van der Waals surface area contributed by atoms with Gasteiger partial charge in [0.2, 0.25) is 0 Å². The van der Waals surface area contributed by atoms with Crippen molar-refractivity contribution < 1.29 is 29.6 Å².